The van der Waals surface area contributed by atoms with Gasteiger partial charge >= 0.3 is 0 Å². The van der Waals surface area contributed by atoms with Crippen molar-refractivity contribution in [3.63, 3.8) is 0 Å². The SMILES string of the molecule is NC(N)=NCCN(Cc1cccs1)c1ccccn1. The fraction of sp³-hybridized carbons (Fsp3) is 0.231. The topological polar surface area (TPSA) is 80.5 Å². The van der Waals surface area contributed by atoms with Crippen molar-refractivity contribution in [2.75, 3.05) is 18.0 Å². The van der Waals surface area contributed by atoms with Crippen molar-refractivity contribution in [1.29, 1.82) is 0 Å². The van der Waals surface area contributed by atoms with Crippen LogP contribution in [0.2, 0.25) is 0 Å². The average Bonchev–Trinajstić information content (AvgIpc) is 2.91. The highest BCUT2D eigenvalue weighted by atomic mass is 32.1. The van der Waals surface area contributed by atoms with Crippen molar-refractivity contribution in [2.45, 2.75) is 6.54 Å². The highest BCUT2D eigenvalue weighted by Gasteiger charge is 2.08. The van der Waals surface area contributed by atoms with Crippen molar-refractivity contribution in [2.24, 2.45) is 16.5 Å². The summed E-state index contributed by atoms with van der Waals surface area (Å²) in [5, 5.41) is 2.07. The van der Waals surface area contributed by atoms with Crippen LogP contribution in [0.5, 0.6) is 0 Å². The molecule has 2 aromatic heterocycles. The Kier molecular flexibility index (Phi) is 4.74. The molecule has 0 aliphatic heterocycles. The third-order valence-corrected chi connectivity index (χ3v) is 3.43. The molecule has 19 heavy (non-hydrogen) atoms. The van der Waals surface area contributed by atoms with Gasteiger partial charge in [0.05, 0.1) is 13.1 Å². The van der Waals surface area contributed by atoms with E-state index in [0.717, 1.165) is 18.9 Å². The van der Waals surface area contributed by atoms with E-state index >= 15 is 0 Å². The van der Waals surface area contributed by atoms with Crippen molar-refractivity contribution in [1.82, 2.24) is 4.98 Å². The Balaban J connectivity index is 2.07. The van der Waals surface area contributed by atoms with E-state index in [0.29, 0.717) is 6.54 Å². The summed E-state index contributed by atoms with van der Waals surface area (Å²) in [6, 6.07) is 10.0. The first-order valence-corrected chi connectivity index (χ1v) is 6.87. The molecular weight excluding hydrogens is 258 g/mol. The molecular formula is C13H17N5S. The van der Waals surface area contributed by atoms with Crippen molar-refractivity contribution < 1.29 is 0 Å². The zero-order chi connectivity index (χ0) is 13.5. The molecule has 0 amide bonds. The normalized spacial score (nSPS) is 10.1. The number of thiophene rings is 1. The van der Waals surface area contributed by atoms with Gasteiger partial charge in [-0.25, -0.2) is 4.98 Å². The third-order valence-electron chi connectivity index (χ3n) is 2.56. The number of rotatable bonds is 6. The smallest absolute Gasteiger partial charge is 0.185 e. The zero-order valence-corrected chi connectivity index (χ0v) is 11.4. The van der Waals surface area contributed by atoms with E-state index in [2.05, 4.69) is 26.3 Å². The number of nitrogens with two attached hydrogens (primary N) is 2. The molecule has 0 fully saturated rings. The lowest BCUT2D eigenvalue weighted by molar-refractivity contribution is 0.783. The van der Waals surface area contributed by atoms with Crippen LogP contribution in [0.3, 0.4) is 0 Å². The lowest BCUT2D eigenvalue weighted by atomic mass is 10.3. The molecule has 4 N–H and O–H groups in total. The quantitative estimate of drug-likeness (QED) is 0.617. The zero-order valence-electron chi connectivity index (χ0n) is 10.6. The molecule has 6 heteroatoms. The molecule has 2 rings (SSSR count). The average molecular weight is 275 g/mol. The number of pyridine rings is 1. The predicted molar refractivity (Wildman–Crippen MR) is 80.3 cm³/mol. The van der Waals surface area contributed by atoms with Gasteiger partial charge in [-0.3, -0.25) is 4.99 Å². The molecule has 0 aliphatic carbocycles. The molecule has 2 aromatic rings. The Morgan fingerprint density at radius 2 is 2.16 bits per heavy atom. The molecule has 0 spiro atoms. The largest absolute Gasteiger partial charge is 0.370 e. The number of anilines is 1. The van der Waals surface area contributed by atoms with Gasteiger partial charge in [0.2, 0.25) is 0 Å². The van der Waals surface area contributed by atoms with Crippen LogP contribution in [0.25, 0.3) is 0 Å². The number of nitrogens with zero attached hydrogens (tertiary/aromatic N) is 3. The molecule has 0 aliphatic rings. The highest BCUT2D eigenvalue weighted by Crippen LogP contribution is 2.16. The minimum atomic E-state index is 0.122. The summed E-state index contributed by atoms with van der Waals surface area (Å²) >= 11 is 1.73. The van der Waals surface area contributed by atoms with Gasteiger partial charge < -0.3 is 16.4 Å². The second-order valence-corrected chi connectivity index (χ2v) is 5.03. The van der Waals surface area contributed by atoms with Gasteiger partial charge in [0.15, 0.2) is 5.96 Å². The first-order valence-electron chi connectivity index (χ1n) is 5.99. The Labute approximate surface area is 116 Å². The van der Waals surface area contributed by atoms with Gasteiger partial charge in [-0.2, -0.15) is 0 Å². The monoisotopic (exact) mass is 275 g/mol. The molecule has 100 valence electrons. The highest BCUT2D eigenvalue weighted by molar-refractivity contribution is 7.09. The van der Waals surface area contributed by atoms with E-state index < -0.39 is 0 Å². The van der Waals surface area contributed by atoms with Gasteiger partial charge in [-0.15, -0.1) is 11.3 Å². The molecule has 0 bridgehead atoms. The summed E-state index contributed by atoms with van der Waals surface area (Å²) in [4.78, 5) is 11.9. The number of aromatic nitrogens is 1. The fourth-order valence-corrected chi connectivity index (χ4v) is 2.43. The van der Waals surface area contributed by atoms with Crippen LogP contribution in [0.4, 0.5) is 5.82 Å². The van der Waals surface area contributed by atoms with E-state index in [-0.39, 0.29) is 5.96 Å². The lowest BCUT2D eigenvalue weighted by Crippen LogP contribution is -2.28. The van der Waals surface area contributed by atoms with Crippen LogP contribution in [-0.2, 0) is 6.54 Å². The molecule has 0 saturated heterocycles. The van der Waals surface area contributed by atoms with Crippen LogP contribution in [0, 0.1) is 0 Å². The first-order chi connectivity index (χ1) is 9.25. The number of hydrogen-bond acceptors (Lipinski definition) is 4. The number of aliphatic imine (C=N–C) groups is 1. The van der Waals surface area contributed by atoms with Gasteiger partial charge in [0.25, 0.3) is 0 Å². The number of guanidine groups is 1. The standard InChI is InChI=1S/C13H17N5S/c14-13(15)17-7-8-18(10-11-4-3-9-19-11)12-5-1-2-6-16-12/h1-6,9H,7-8,10H2,(H4,14,15,17). The van der Waals surface area contributed by atoms with Crippen LogP contribution >= 0.6 is 11.3 Å². The predicted octanol–water partition coefficient (Wildman–Crippen LogP) is 1.42. The van der Waals surface area contributed by atoms with Crippen LogP contribution in [0.15, 0.2) is 46.9 Å². The van der Waals surface area contributed by atoms with Crippen molar-refractivity contribution in [3.05, 3.63) is 46.8 Å². The molecule has 0 unspecified atom stereocenters. The van der Waals surface area contributed by atoms with E-state index in [4.69, 9.17) is 11.5 Å². The number of hydrogen-bond donors (Lipinski definition) is 2. The minimum Gasteiger partial charge on any atom is -0.370 e. The minimum absolute atomic E-state index is 0.122. The van der Waals surface area contributed by atoms with Gasteiger partial charge in [-0.1, -0.05) is 12.1 Å². The van der Waals surface area contributed by atoms with Crippen LogP contribution in [-0.4, -0.2) is 24.0 Å². The summed E-state index contributed by atoms with van der Waals surface area (Å²) in [5.41, 5.74) is 10.7. The maximum absolute atomic E-state index is 5.35. The summed E-state index contributed by atoms with van der Waals surface area (Å²) < 4.78 is 0. The molecule has 0 aromatic carbocycles. The van der Waals surface area contributed by atoms with E-state index in [1.807, 2.05) is 24.3 Å². The summed E-state index contributed by atoms with van der Waals surface area (Å²) in [6.45, 7) is 2.10. The molecule has 0 radical (unpaired) electrons. The Bertz CT molecular complexity index is 505. The van der Waals surface area contributed by atoms with E-state index in [9.17, 15) is 0 Å². The molecule has 5 nitrogen and oxygen atoms in total. The van der Waals surface area contributed by atoms with E-state index in [1.165, 1.54) is 4.88 Å². The fourth-order valence-electron chi connectivity index (χ4n) is 1.71. The Morgan fingerprint density at radius 1 is 1.26 bits per heavy atom. The maximum Gasteiger partial charge on any atom is 0.185 e. The molecule has 0 atom stereocenters. The Morgan fingerprint density at radius 3 is 2.79 bits per heavy atom. The van der Waals surface area contributed by atoms with E-state index in [1.54, 1.807) is 17.5 Å². The maximum atomic E-state index is 5.35. The third kappa shape index (κ3) is 4.26. The molecule has 0 saturated carbocycles. The second-order valence-electron chi connectivity index (χ2n) is 4.00. The van der Waals surface area contributed by atoms with Crippen molar-refractivity contribution >= 4 is 23.1 Å². The second kappa shape index (κ2) is 6.75. The molecule has 2 heterocycles. The summed E-state index contributed by atoms with van der Waals surface area (Å²) in [5.74, 6) is 1.05. The first kappa shape index (κ1) is 13.4. The Hall–Kier alpha value is -2.08. The summed E-state index contributed by atoms with van der Waals surface area (Å²) in [6.07, 6.45) is 1.79. The lowest BCUT2D eigenvalue weighted by Gasteiger charge is -2.22. The van der Waals surface area contributed by atoms with Crippen LogP contribution < -0.4 is 16.4 Å². The van der Waals surface area contributed by atoms with Gasteiger partial charge in [0.1, 0.15) is 5.82 Å². The van der Waals surface area contributed by atoms with Gasteiger partial charge in [-0.05, 0) is 23.6 Å². The van der Waals surface area contributed by atoms with Crippen molar-refractivity contribution in [3.8, 4) is 0 Å². The van der Waals surface area contributed by atoms with Crippen LogP contribution in [0.1, 0.15) is 4.88 Å². The van der Waals surface area contributed by atoms with Gasteiger partial charge in [0, 0.05) is 17.6 Å². The summed E-state index contributed by atoms with van der Waals surface area (Å²) in [7, 11) is 0.